The number of oxazole rings is 1. The summed E-state index contributed by atoms with van der Waals surface area (Å²) < 4.78 is 10.4. The molecule has 0 amide bonds. The molecule has 1 aromatic heterocycles. The first-order valence-corrected chi connectivity index (χ1v) is 7.33. The molecule has 112 valence electrons. The van der Waals surface area contributed by atoms with E-state index in [1.54, 1.807) is 13.1 Å². The van der Waals surface area contributed by atoms with E-state index < -0.39 is 5.92 Å². The zero-order valence-corrected chi connectivity index (χ0v) is 12.5. The van der Waals surface area contributed by atoms with Crippen LogP contribution in [-0.2, 0) is 9.53 Å². The van der Waals surface area contributed by atoms with Crippen molar-refractivity contribution in [1.29, 1.82) is 0 Å². The summed E-state index contributed by atoms with van der Waals surface area (Å²) in [6.07, 6.45) is 4.58. The monoisotopic (exact) mass is 287 g/mol. The van der Waals surface area contributed by atoms with Crippen molar-refractivity contribution < 1.29 is 13.9 Å². The highest BCUT2D eigenvalue weighted by Gasteiger charge is 2.26. The van der Waals surface area contributed by atoms with Crippen LogP contribution in [0, 0.1) is 0 Å². The van der Waals surface area contributed by atoms with Crippen LogP contribution in [0.5, 0.6) is 0 Å². The molecule has 0 spiro atoms. The SMILES string of the molecule is CCOC(=O)C(CCC(C)c1ccccc1)c1ncco1. The first-order valence-electron chi connectivity index (χ1n) is 7.33. The third kappa shape index (κ3) is 4.18. The van der Waals surface area contributed by atoms with Crippen LogP contribution >= 0.6 is 0 Å². The normalized spacial score (nSPS) is 13.6. The largest absolute Gasteiger partial charge is 0.465 e. The maximum atomic E-state index is 12.1. The quantitative estimate of drug-likeness (QED) is 0.725. The van der Waals surface area contributed by atoms with Crippen LogP contribution < -0.4 is 0 Å². The van der Waals surface area contributed by atoms with Gasteiger partial charge in [-0.1, -0.05) is 37.3 Å². The zero-order valence-electron chi connectivity index (χ0n) is 12.5. The van der Waals surface area contributed by atoms with Gasteiger partial charge in [-0.15, -0.1) is 0 Å². The third-order valence-corrected chi connectivity index (χ3v) is 3.58. The zero-order chi connectivity index (χ0) is 15.1. The van der Waals surface area contributed by atoms with Crippen LogP contribution in [0.4, 0.5) is 0 Å². The number of nitrogens with zero attached hydrogens (tertiary/aromatic N) is 1. The number of hydrogen-bond acceptors (Lipinski definition) is 4. The number of carbonyl (C=O) groups is 1. The molecule has 2 rings (SSSR count). The van der Waals surface area contributed by atoms with Crippen LogP contribution in [-0.4, -0.2) is 17.6 Å². The Morgan fingerprint density at radius 1 is 1.29 bits per heavy atom. The van der Waals surface area contributed by atoms with Crippen LogP contribution in [0.3, 0.4) is 0 Å². The van der Waals surface area contributed by atoms with Crippen molar-refractivity contribution in [2.45, 2.75) is 38.5 Å². The number of benzene rings is 1. The van der Waals surface area contributed by atoms with E-state index in [0.29, 0.717) is 24.8 Å². The fraction of sp³-hybridized carbons (Fsp3) is 0.412. The lowest BCUT2D eigenvalue weighted by atomic mass is 9.91. The molecule has 0 fully saturated rings. The first-order chi connectivity index (χ1) is 10.2. The van der Waals surface area contributed by atoms with Gasteiger partial charge in [0.25, 0.3) is 0 Å². The minimum Gasteiger partial charge on any atom is -0.465 e. The molecule has 1 aromatic carbocycles. The van der Waals surface area contributed by atoms with E-state index in [1.165, 1.54) is 11.8 Å². The summed E-state index contributed by atoms with van der Waals surface area (Å²) in [4.78, 5) is 16.2. The van der Waals surface area contributed by atoms with Crippen molar-refractivity contribution in [1.82, 2.24) is 4.98 Å². The van der Waals surface area contributed by atoms with Crippen molar-refractivity contribution in [2.24, 2.45) is 0 Å². The minimum absolute atomic E-state index is 0.264. The lowest BCUT2D eigenvalue weighted by molar-refractivity contribution is -0.145. The van der Waals surface area contributed by atoms with Gasteiger partial charge in [-0.05, 0) is 31.2 Å². The number of hydrogen-bond donors (Lipinski definition) is 0. The number of aromatic nitrogens is 1. The van der Waals surface area contributed by atoms with E-state index >= 15 is 0 Å². The standard InChI is InChI=1S/C17H21NO3/c1-3-20-17(19)15(16-18-11-12-21-16)10-9-13(2)14-7-5-4-6-8-14/h4-8,11-13,15H,3,9-10H2,1-2H3. The van der Waals surface area contributed by atoms with Gasteiger partial charge in [0.15, 0.2) is 0 Å². The van der Waals surface area contributed by atoms with Gasteiger partial charge in [-0.2, -0.15) is 0 Å². The smallest absolute Gasteiger partial charge is 0.318 e. The highest BCUT2D eigenvalue weighted by molar-refractivity contribution is 5.76. The number of ether oxygens (including phenoxy) is 1. The van der Waals surface area contributed by atoms with Crippen LogP contribution in [0.15, 0.2) is 47.2 Å². The predicted octanol–water partition coefficient (Wildman–Crippen LogP) is 3.91. The Bertz CT molecular complexity index is 536. The van der Waals surface area contributed by atoms with Crippen LogP contribution in [0.2, 0.25) is 0 Å². The molecule has 0 saturated heterocycles. The Labute approximate surface area is 125 Å². The molecule has 0 saturated carbocycles. The molecule has 0 aliphatic rings. The lowest BCUT2D eigenvalue weighted by Gasteiger charge is -2.16. The van der Waals surface area contributed by atoms with Crippen molar-refractivity contribution >= 4 is 5.97 Å². The van der Waals surface area contributed by atoms with E-state index in [2.05, 4.69) is 24.0 Å². The van der Waals surface area contributed by atoms with E-state index in [-0.39, 0.29) is 5.97 Å². The molecule has 0 aliphatic carbocycles. The molecule has 2 unspecified atom stereocenters. The summed E-state index contributed by atoms with van der Waals surface area (Å²) in [7, 11) is 0. The van der Waals surface area contributed by atoms with E-state index in [9.17, 15) is 4.79 Å². The van der Waals surface area contributed by atoms with E-state index in [0.717, 1.165) is 6.42 Å². The highest BCUT2D eigenvalue weighted by atomic mass is 16.5. The fourth-order valence-corrected chi connectivity index (χ4v) is 2.36. The van der Waals surface area contributed by atoms with Gasteiger partial charge in [0.1, 0.15) is 12.2 Å². The van der Waals surface area contributed by atoms with Gasteiger partial charge in [0.2, 0.25) is 5.89 Å². The second-order valence-corrected chi connectivity index (χ2v) is 5.06. The van der Waals surface area contributed by atoms with Gasteiger partial charge in [0.05, 0.1) is 12.8 Å². The van der Waals surface area contributed by atoms with Gasteiger partial charge in [-0.3, -0.25) is 4.79 Å². The van der Waals surface area contributed by atoms with Gasteiger partial charge in [0, 0.05) is 0 Å². The second kappa shape index (κ2) is 7.62. The molecule has 0 N–H and O–H groups in total. The summed E-state index contributed by atoms with van der Waals surface area (Å²) in [6, 6.07) is 10.3. The van der Waals surface area contributed by atoms with Gasteiger partial charge in [-0.25, -0.2) is 4.98 Å². The minimum atomic E-state index is -0.425. The molecule has 4 heteroatoms. The van der Waals surface area contributed by atoms with E-state index in [1.807, 2.05) is 18.2 Å². The molecule has 2 aromatic rings. The van der Waals surface area contributed by atoms with Crippen LogP contribution in [0.25, 0.3) is 0 Å². The van der Waals surface area contributed by atoms with Crippen molar-refractivity contribution in [3.63, 3.8) is 0 Å². The summed E-state index contributed by atoms with van der Waals surface area (Å²) >= 11 is 0. The first kappa shape index (κ1) is 15.3. The van der Waals surface area contributed by atoms with Crippen molar-refractivity contribution in [3.8, 4) is 0 Å². The molecule has 0 aliphatic heterocycles. The Morgan fingerprint density at radius 3 is 2.67 bits per heavy atom. The predicted molar refractivity (Wildman–Crippen MR) is 80.0 cm³/mol. The van der Waals surface area contributed by atoms with Gasteiger partial charge < -0.3 is 9.15 Å². The topological polar surface area (TPSA) is 52.3 Å². The average Bonchev–Trinajstić information content (AvgIpc) is 3.02. The Hall–Kier alpha value is -2.10. The summed E-state index contributed by atoms with van der Waals surface area (Å²) in [6.45, 7) is 4.33. The molecule has 4 nitrogen and oxygen atoms in total. The second-order valence-electron chi connectivity index (χ2n) is 5.06. The van der Waals surface area contributed by atoms with E-state index in [4.69, 9.17) is 9.15 Å². The maximum Gasteiger partial charge on any atom is 0.318 e. The average molecular weight is 287 g/mol. The maximum absolute atomic E-state index is 12.1. The molecule has 2 atom stereocenters. The molecule has 21 heavy (non-hydrogen) atoms. The Kier molecular flexibility index (Phi) is 5.55. The molecular weight excluding hydrogens is 266 g/mol. The summed E-state index contributed by atoms with van der Waals surface area (Å²) in [5.74, 6) is 0.123. The number of esters is 1. The summed E-state index contributed by atoms with van der Waals surface area (Å²) in [5.41, 5.74) is 1.27. The highest BCUT2D eigenvalue weighted by Crippen LogP contribution is 2.28. The Balaban J connectivity index is 2.01. The molecule has 0 bridgehead atoms. The lowest BCUT2D eigenvalue weighted by Crippen LogP contribution is -2.17. The van der Waals surface area contributed by atoms with Crippen LogP contribution in [0.1, 0.15) is 50.0 Å². The number of rotatable bonds is 7. The Morgan fingerprint density at radius 2 is 2.05 bits per heavy atom. The van der Waals surface area contributed by atoms with Gasteiger partial charge >= 0.3 is 5.97 Å². The van der Waals surface area contributed by atoms with Crippen molar-refractivity contribution in [3.05, 3.63) is 54.2 Å². The molecule has 1 heterocycles. The molecular formula is C17H21NO3. The fourth-order valence-electron chi connectivity index (χ4n) is 2.36. The summed E-state index contributed by atoms with van der Waals surface area (Å²) in [5, 5.41) is 0. The molecule has 0 radical (unpaired) electrons. The number of carbonyl (C=O) groups excluding carboxylic acids is 1. The van der Waals surface area contributed by atoms with Crippen molar-refractivity contribution in [2.75, 3.05) is 6.61 Å². The third-order valence-electron chi connectivity index (χ3n) is 3.58.